The lowest BCUT2D eigenvalue weighted by atomic mass is 10.1. The van der Waals surface area contributed by atoms with Crippen molar-refractivity contribution in [2.45, 2.75) is 19.5 Å². The Hall–Kier alpha value is -3.18. The van der Waals surface area contributed by atoms with Crippen LogP contribution in [-0.2, 0) is 34.3 Å². The number of amides is 1. The number of ether oxygens (including phenoxy) is 2. The molecule has 2 aliphatic rings. The molecule has 11 heteroatoms. The van der Waals surface area contributed by atoms with E-state index in [0.717, 1.165) is 16.8 Å². The number of nitrogens with one attached hydrogen (secondary N) is 1. The van der Waals surface area contributed by atoms with Crippen LogP contribution in [0.15, 0.2) is 30.5 Å². The van der Waals surface area contributed by atoms with Gasteiger partial charge in [-0.3, -0.25) is 14.6 Å². The van der Waals surface area contributed by atoms with Gasteiger partial charge in [-0.2, -0.15) is 4.31 Å². The third kappa shape index (κ3) is 5.05. The van der Waals surface area contributed by atoms with Crippen molar-refractivity contribution in [2.24, 2.45) is 0 Å². The highest BCUT2D eigenvalue weighted by Crippen LogP contribution is 2.32. The Kier molecular flexibility index (Phi) is 6.53. The first-order valence-electron chi connectivity index (χ1n) is 8.99. The number of sulfonamides is 1. The highest BCUT2D eigenvalue weighted by Gasteiger charge is 2.24. The molecule has 0 saturated heterocycles. The first-order valence-corrected chi connectivity index (χ1v) is 10.8. The molecule has 1 aromatic carbocycles. The quantitative estimate of drug-likeness (QED) is 0.672. The van der Waals surface area contributed by atoms with Gasteiger partial charge < -0.3 is 19.9 Å². The van der Waals surface area contributed by atoms with Gasteiger partial charge in [0, 0.05) is 43.5 Å². The van der Waals surface area contributed by atoms with Crippen LogP contribution in [-0.4, -0.2) is 54.8 Å². The van der Waals surface area contributed by atoms with Gasteiger partial charge >= 0.3 is 0 Å². The first kappa shape index (κ1) is 21.5. The molecular weight excluding hydrogens is 414 g/mol. The minimum atomic E-state index is -3.23. The van der Waals surface area contributed by atoms with Crippen molar-refractivity contribution in [3.63, 3.8) is 0 Å². The maximum atomic E-state index is 12.4. The molecule has 3 heterocycles. The zero-order valence-corrected chi connectivity index (χ0v) is 17.0. The van der Waals surface area contributed by atoms with Crippen LogP contribution < -0.4 is 14.8 Å². The van der Waals surface area contributed by atoms with Gasteiger partial charge in [0.25, 0.3) is 12.4 Å². The Morgan fingerprint density at radius 3 is 2.77 bits per heavy atom. The lowest BCUT2D eigenvalue weighted by molar-refractivity contribution is -0.122. The second kappa shape index (κ2) is 9.09. The molecular formula is C19H21N3O7S. The summed E-state index contributed by atoms with van der Waals surface area (Å²) in [5.41, 5.74) is 3.08. The number of aromatic nitrogens is 1. The van der Waals surface area contributed by atoms with Crippen LogP contribution in [0, 0.1) is 0 Å². The third-order valence-corrected chi connectivity index (χ3v) is 5.87. The zero-order valence-electron chi connectivity index (χ0n) is 16.2. The van der Waals surface area contributed by atoms with E-state index < -0.39 is 10.0 Å². The first-order chi connectivity index (χ1) is 14.3. The Morgan fingerprint density at radius 2 is 2.03 bits per heavy atom. The number of pyridine rings is 1. The van der Waals surface area contributed by atoms with Crippen molar-refractivity contribution in [2.75, 3.05) is 19.6 Å². The van der Waals surface area contributed by atoms with Crippen molar-refractivity contribution < 1.29 is 32.6 Å². The number of carboxylic acid groups (broad SMARTS) is 1. The highest BCUT2D eigenvalue weighted by atomic mass is 32.2. The average molecular weight is 435 g/mol. The van der Waals surface area contributed by atoms with Crippen LogP contribution >= 0.6 is 0 Å². The van der Waals surface area contributed by atoms with Crippen molar-refractivity contribution in [1.29, 1.82) is 0 Å². The summed E-state index contributed by atoms with van der Waals surface area (Å²) in [5, 5.41) is 9.74. The van der Waals surface area contributed by atoms with Gasteiger partial charge in [-0.1, -0.05) is 0 Å². The van der Waals surface area contributed by atoms with E-state index in [-0.39, 0.29) is 19.2 Å². The lowest BCUT2D eigenvalue weighted by Gasteiger charge is -2.26. The predicted octanol–water partition coefficient (Wildman–Crippen LogP) is 0.759. The molecule has 2 aliphatic heterocycles. The van der Waals surface area contributed by atoms with E-state index in [1.807, 2.05) is 6.07 Å². The standard InChI is InChI=1S/C18H19N3O5S.CH2O2/c1-27(23,24)21-5-4-15-14(10-21)6-12(8-19-15)9-20-18(22)13-2-3-16-17(7-13)26-11-25-16;2-1-3/h2-3,6-8H,4-5,9-11H2,1H3,(H,20,22);1H,(H,2,3). The van der Waals surface area contributed by atoms with Crippen LogP contribution in [0.5, 0.6) is 11.5 Å². The smallest absolute Gasteiger partial charge is 0.290 e. The number of hydrogen-bond donors (Lipinski definition) is 2. The van der Waals surface area contributed by atoms with Crippen LogP contribution in [0.2, 0.25) is 0 Å². The predicted molar refractivity (Wildman–Crippen MR) is 106 cm³/mol. The van der Waals surface area contributed by atoms with Gasteiger partial charge in [0.2, 0.25) is 16.8 Å². The molecule has 1 amide bonds. The van der Waals surface area contributed by atoms with E-state index in [4.69, 9.17) is 19.4 Å². The maximum absolute atomic E-state index is 12.4. The number of rotatable bonds is 4. The maximum Gasteiger partial charge on any atom is 0.290 e. The zero-order chi connectivity index (χ0) is 21.7. The van der Waals surface area contributed by atoms with Gasteiger partial charge in [0.15, 0.2) is 11.5 Å². The van der Waals surface area contributed by atoms with E-state index in [1.165, 1.54) is 10.6 Å². The summed E-state index contributed by atoms with van der Waals surface area (Å²) < 4.78 is 35.5. The molecule has 2 aromatic rings. The molecule has 0 radical (unpaired) electrons. The van der Waals surface area contributed by atoms with Gasteiger partial charge in [0.1, 0.15) is 0 Å². The Labute approximate surface area is 173 Å². The number of nitrogens with zero attached hydrogens (tertiary/aromatic N) is 2. The number of hydrogen-bond acceptors (Lipinski definition) is 7. The molecule has 160 valence electrons. The Balaban J connectivity index is 0.000000806. The third-order valence-electron chi connectivity index (χ3n) is 4.62. The topological polar surface area (TPSA) is 135 Å². The highest BCUT2D eigenvalue weighted by molar-refractivity contribution is 7.88. The van der Waals surface area contributed by atoms with E-state index >= 15 is 0 Å². The largest absolute Gasteiger partial charge is 0.483 e. The van der Waals surface area contributed by atoms with E-state index in [9.17, 15) is 13.2 Å². The summed E-state index contributed by atoms with van der Waals surface area (Å²) >= 11 is 0. The molecule has 10 nitrogen and oxygen atoms in total. The molecule has 0 atom stereocenters. The van der Waals surface area contributed by atoms with Gasteiger partial charge in [-0.15, -0.1) is 0 Å². The summed E-state index contributed by atoms with van der Waals surface area (Å²) in [6.45, 7) is 0.961. The van der Waals surface area contributed by atoms with Crippen molar-refractivity contribution in [3.05, 3.63) is 52.8 Å². The van der Waals surface area contributed by atoms with E-state index in [1.54, 1.807) is 24.4 Å². The molecule has 0 saturated carbocycles. The number of benzene rings is 1. The molecule has 0 fully saturated rings. The second-order valence-electron chi connectivity index (χ2n) is 6.65. The summed E-state index contributed by atoms with van der Waals surface area (Å²) in [5.74, 6) is 0.948. The van der Waals surface area contributed by atoms with Gasteiger partial charge in [-0.05, 0) is 35.4 Å². The normalized spacial score (nSPS) is 14.8. The summed E-state index contributed by atoms with van der Waals surface area (Å²) in [7, 11) is -3.23. The Bertz CT molecular complexity index is 1060. The molecule has 2 N–H and O–H groups in total. The fourth-order valence-electron chi connectivity index (χ4n) is 3.15. The minimum absolute atomic E-state index is 0.158. The summed E-state index contributed by atoms with van der Waals surface area (Å²) in [6.07, 6.45) is 3.52. The molecule has 4 rings (SSSR count). The Morgan fingerprint density at radius 1 is 1.30 bits per heavy atom. The van der Waals surface area contributed by atoms with Gasteiger partial charge in [0.05, 0.1) is 6.26 Å². The monoisotopic (exact) mass is 435 g/mol. The SMILES string of the molecule is CS(=O)(=O)N1CCc2ncc(CNC(=O)c3ccc4c(c3)OCO4)cc2C1.O=CO. The van der Waals surface area contributed by atoms with Crippen molar-refractivity contribution in [3.8, 4) is 11.5 Å². The average Bonchev–Trinajstić information content (AvgIpc) is 3.19. The summed E-state index contributed by atoms with van der Waals surface area (Å²) in [6, 6.07) is 6.93. The van der Waals surface area contributed by atoms with Crippen LogP contribution in [0.25, 0.3) is 0 Å². The van der Waals surface area contributed by atoms with Gasteiger partial charge in [-0.25, -0.2) is 8.42 Å². The van der Waals surface area contributed by atoms with Crippen molar-refractivity contribution in [1.82, 2.24) is 14.6 Å². The number of carbonyl (C=O) groups excluding carboxylic acids is 1. The van der Waals surface area contributed by atoms with E-state index in [0.29, 0.717) is 43.1 Å². The fraction of sp³-hybridized carbons (Fsp3) is 0.316. The molecule has 30 heavy (non-hydrogen) atoms. The molecule has 1 aromatic heterocycles. The molecule has 0 unspecified atom stereocenters. The second-order valence-corrected chi connectivity index (χ2v) is 8.63. The van der Waals surface area contributed by atoms with E-state index in [2.05, 4.69) is 10.3 Å². The van der Waals surface area contributed by atoms with Crippen LogP contribution in [0.3, 0.4) is 0 Å². The van der Waals surface area contributed by atoms with Crippen molar-refractivity contribution >= 4 is 22.4 Å². The molecule has 0 spiro atoms. The molecule has 0 aliphatic carbocycles. The minimum Gasteiger partial charge on any atom is -0.483 e. The lowest BCUT2D eigenvalue weighted by Crippen LogP contribution is -2.35. The van der Waals surface area contributed by atoms with Crippen LogP contribution in [0.4, 0.5) is 0 Å². The molecule has 0 bridgehead atoms. The number of carbonyl (C=O) groups is 2. The number of fused-ring (bicyclic) bond motifs is 2. The summed E-state index contributed by atoms with van der Waals surface area (Å²) in [4.78, 5) is 25.2. The van der Waals surface area contributed by atoms with Crippen LogP contribution in [0.1, 0.15) is 27.2 Å². The fourth-order valence-corrected chi connectivity index (χ4v) is 3.95.